The van der Waals surface area contributed by atoms with Gasteiger partial charge in [-0.05, 0) is 68.9 Å². The lowest BCUT2D eigenvalue weighted by molar-refractivity contribution is -0.143. The Morgan fingerprint density at radius 2 is 1.21 bits per heavy atom. The molecule has 0 aliphatic heterocycles. The number of phenols is 1. The monoisotopic (exact) mass is 526 g/mol. The molecule has 0 atom stereocenters. The van der Waals surface area contributed by atoms with Crippen molar-refractivity contribution in [2.24, 2.45) is 0 Å². The van der Waals surface area contributed by atoms with Crippen LogP contribution in [0.5, 0.6) is 11.5 Å². The van der Waals surface area contributed by atoms with Crippen molar-refractivity contribution in [2.75, 3.05) is 13.7 Å². The molecule has 0 saturated heterocycles. The van der Waals surface area contributed by atoms with Crippen molar-refractivity contribution in [3.05, 3.63) is 58.1 Å². The van der Waals surface area contributed by atoms with E-state index in [4.69, 9.17) is 9.47 Å². The first-order chi connectivity index (χ1) is 17.1. The van der Waals surface area contributed by atoms with E-state index in [1.807, 2.05) is 19.1 Å². The van der Waals surface area contributed by atoms with E-state index in [0.29, 0.717) is 25.2 Å². The second kappa shape index (κ2) is 12.6. The van der Waals surface area contributed by atoms with Crippen LogP contribution < -0.4 is 4.74 Å². The minimum Gasteiger partial charge on any atom is -0.507 e. The summed E-state index contributed by atoms with van der Waals surface area (Å²) in [6, 6.07) is 10.6. The summed E-state index contributed by atoms with van der Waals surface area (Å²) in [6.45, 7) is 28.1. The molecule has 0 aromatic heterocycles. The third-order valence-corrected chi connectivity index (χ3v) is 6.58. The minimum atomic E-state index is -0.176. The van der Waals surface area contributed by atoms with Gasteiger partial charge in [0, 0.05) is 6.42 Å². The summed E-state index contributed by atoms with van der Waals surface area (Å²) in [7, 11) is 1.74. The number of aryl methyl sites for hydroxylation is 1. The molecular formula is C34H54O4. The maximum absolute atomic E-state index is 11.6. The van der Waals surface area contributed by atoms with Crippen LogP contribution in [0.1, 0.15) is 124 Å². The third kappa shape index (κ3) is 9.67. The number of hydrogen-bond acceptors (Lipinski definition) is 4. The Kier molecular flexibility index (Phi) is 11.1. The highest BCUT2D eigenvalue weighted by Crippen LogP contribution is 2.40. The summed E-state index contributed by atoms with van der Waals surface area (Å²) in [5, 5.41) is 10.7. The van der Waals surface area contributed by atoms with Crippen LogP contribution >= 0.6 is 0 Å². The average molecular weight is 527 g/mol. The van der Waals surface area contributed by atoms with Crippen molar-refractivity contribution < 1.29 is 19.4 Å². The van der Waals surface area contributed by atoms with Gasteiger partial charge in [-0.25, -0.2) is 0 Å². The van der Waals surface area contributed by atoms with Crippen LogP contribution in [0.25, 0.3) is 0 Å². The molecule has 0 fully saturated rings. The summed E-state index contributed by atoms with van der Waals surface area (Å²) >= 11 is 0. The number of carbonyl (C=O) groups is 1. The average Bonchev–Trinajstić information content (AvgIpc) is 2.75. The van der Waals surface area contributed by atoms with Crippen LogP contribution in [0, 0.1) is 0 Å². The van der Waals surface area contributed by atoms with Gasteiger partial charge < -0.3 is 14.6 Å². The van der Waals surface area contributed by atoms with Crippen molar-refractivity contribution in [2.45, 2.75) is 125 Å². The van der Waals surface area contributed by atoms with E-state index in [0.717, 1.165) is 22.4 Å². The second-order valence-corrected chi connectivity index (χ2v) is 14.3. The van der Waals surface area contributed by atoms with Crippen LogP contribution in [0.4, 0.5) is 0 Å². The Labute approximate surface area is 233 Å². The molecule has 0 saturated carbocycles. The third-order valence-electron chi connectivity index (χ3n) is 6.58. The fraction of sp³-hybridized carbons (Fsp3) is 0.618. The normalized spacial score (nSPS) is 12.5. The molecule has 214 valence electrons. The molecule has 0 amide bonds. The fourth-order valence-corrected chi connectivity index (χ4v) is 4.22. The predicted molar refractivity (Wildman–Crippen MR) is 161 cm³/mol. The van der Waals surface area contributed by atoms with Crippen LogP contribution in [0.15, 0.2) is 30.3 Å². The Hall–Kier alpha value is -2.49. The number of rotatable bonds is 5. The molecule has 0 spiro atoms. The van der Waals surface area contributed by atoms with E-state index in [1.165, 1.54) is 11.1 Å². The van der Waals surface area contributed by atoms with Gasteiger partial charge in [-0.3, -0.25) is 4.79 Å². The molecule has 2 aromatic carbocycles. The molecule has 4 nitrogen and oxygen atoms in total. The van der Waals surface area contributed by atoms with Gasteiger partial charge in [0.15, 0.2) is 0 Å². The predicted octanol–water partition coefficient (Wildman–Crippen LogP) is 8.77. The molecule has 1 N–H and O–H groups in total. The highest BCUT2D eigenvalue weighted by atomic mass is 16.5. The van der Waals surface area contributed by atoms with Crippen LogP contribution in [0.3, 0.4) is 0 Å². The molecule has 2 rings (SSSR count). The number of carbonyl (C=O) groups excluding carboxylic acids is 1. The number of ether oxygens (including phenoxy) is 2. The Bertz CT molecular complexity index is 1030. The molecule has 0 aliphatic carbocycles. The number of phenolic OH excluding ortho intramolecular Hbond substituents is 1. The van der Waals surface area contributed by atoms with Gasteiger partial charge in [-0.2, -0.15) is 0 Å². The lowest BCUT2D eigenvalue weighted by Crippen LogP contribution is -2.18. The van der Waals surface area contributed by atoms with Gasteiger partial charge >= 0.3 is 5.97 Å². The second-order valence-electron chi connectivity index (χ2n) is 14.3. The van der Waals surface area contributed by atoms with Crippen molar-refractivity contribution in [3.63, 3.8) is 0 Å². The molecule has 0 aliphatic rings. The molecular weight excluding hydrogens is 472 g/mol. The van der Waals surface area contributed by atoms with Gasteiger partial charge in [0.2, 0.25) is 0 Å². The van der Waals surface area contributed by atoms with E-state index in [9.17, 15) is 9.90 Å². The lowest BCUT2D eigenvalue weighted by Gasteiger charge is -2.28. The van der Waals surface area contributed by atoms with E-state index in [-0.39, 0.29) is 27.6 Å². The van der Waals surface area contributed by atoms with Crippen molar-refractivity contribution in [1.29, 1.82) is 0 Å². The molecule has 38 heavy (non-hydrogen) atoms. The van der Waals surface area contributed by atoms with Crippen molar-refractivity contribution in [3.8, 4) is 11.5 Å². The largest absolute Gasteiger partial charge is 0.507 e. The van der Waals surface area contributed by atoms with E-state index in [1.54, 1.807) is 7.11 Å². The quantitative estimate of drug-likeness (QED) is 0.396. The molecule has 0 unspecified atom stereocenters. The zero-order chi connectivity index (χ0) is 29.7. The summed E-state index contributed by atoms with van der Waals surface area (Å²) in [5.41, 5.74) is 5.58. The van der Waals surface area contributed by atoms with Crippen molar-refractivity contribution in [1.82, 2.24) is 0 Å². The Morgan fingerprint density at radius 1 is 0.737 bits per heavy atom. The van der Waals surface area contributed by atoms with Gasteiger partial charge in [0.1, 0.15) is 11.5 Å². The first-order valence-corrected chi connectivity index (χ1v) is 13.8. The summed E-state index contributed by atoms with van der Waals surface area (Å²) in [6.07, 6.45) is 0.997. The minimum absolute atomic E-state index is 0.118. The zero-order valence-corrected chi connectivity index (χ0v) is 26.7. The van der Waals surface area contributed by atoms with Gasteiger partial charge in [0.05, 0.1) is 13.7 Å². The van der Waals surface area contributed by atoms with E-state index in [2.05, 4.69) is 101 Å². The number of esters is 1. The van der Waals surface area contributed by atoms with Crippen LogP contribution in [-0.2, 0) is 37.6 Å². The highest BCUT2D eigenvalue weighted by Gasteiger charge is 2.27. The van der Waals surface area contributed by atoms with Crippen LogP contribution in [-0.4, -0.2) is 24.8 Å². The lowest BCUT2D eigenvalue weighted by atomic mass is 9.78. The molecule has 0 bridgehead atoms. The first kappa shape index (κ1) is 33.5. The maximum Gasteiger partial charge on any atom is 0.306 e. The number of aromatic hydroxyl groups is 1. The molecule has 4 heteroatoms. The SMILES string of the molecule is CCOC(=O)CCc1cc(C(C)(C)C)c(O)c(C(C)(C)C)c1.COc1ccc(C(C)(C)C)cc1C(C)(C)C. The Morgan fingerprint density at radius 3 is 1.58 bits per heavy atom. The maximum atomic E-state index is 11.6. The molecule has 0 heterocycles. The molecule has 2 aromatic rings. The van der Waals surface area contributed by atoms with Gasteiger partial charge in [-0.1, -0.05) is 107 Å². The van der Waals surface area contributed by atoms with Gasteiger partial charge in [-0.15, -0.1) is 0 Å². The number of methoxy groups -OCH3 is 1. The smallest absolute Gasteiger partial charge is 0.306 e. The first-order valence-electron chi connectivity index (χ1n) is 13.8. The van der Waals surface area contributed by atoms with Crippen LogP contribution in [0.2, 0.25) is 0 Å². The summed E-state index contributed by atoms with van der Waals surface area (Å²) < 4.78 is 10.4. The zero-order valence-electron chi connectivity index (χ0n) is 26.7. The van der Waals surface area contributed by atoms with Crippen molar-refractivity contribution >= 4 is 5.97 Å². The van der Waals surface area contributed by atoms with Gasteiger partial charge in [0.25, 0.3) is 0 Å². The highest BCUT2D eigenvalue weighted by molar-refractivity contribution is 5.69. The Balaban J connectivity index is 0.000000399. The topological polar surface area (TPSA) is 55.8 Å². The summed E-state index contributed by atoms with van der Waals surface area (Å²) in [4.78, 5) is 11.6. The standard InChI is InChI=1S/C19H30O3.C15H24O/c1-8-22-16(20)10-9-13-11-14(18(2,3)4)17(21)15(12-13)19(5,6)7;1-14(2,3)11-8-9-13(16-7)12(10-11)15(4,5)6/h11-12,21H,8-10H2,1-7H3;8-10H,1-7H3. The number of hydrogen-bond donors (Lipinski definition) is 1. The fourth-order valence-electron chi connectivity index (χ4n) is 4.22. The molecule has 0 radical (unpaired) electrons. The van der Waals surface area contributed by atoms with E-state index < -0.39 is 0 Å². The number of benzene rings is 2. The van der Waals surface area contributed by atoms with E-state index >= 15 is 0 Å². The summed E-state index contributed by atoms with van der Waals surface area (Å²) in [5.74, 6) is 1.19.